The van der Waals surface area contributed by atoms with Crippen molar-refractivity contribution in [2.45, 2.75) is 6.10 Å². The third-order valence-electron chi connectivity index (χ3n) is 2.61. The van der Waals surface area contributed by atoms with Gasteiger partial charge in [-0.1, -0.05) is 0 Å². The van der Waals surface area contributed by atoms with Gasteiger partial charge in [0.2, 0.25) is 0 Å². The molecule has 1 aromatic rings. The first kappa shape index (κ1) is 15.4. The highest BCUT2D eigenvalue weighted by molar-refractivity contribution is 5.34. The summed E-state index contributed by atoms with van der Waals surface area (Å²) in [5.41, 5.74) is 0.618. The van der Waals surface area contributed by atoms with Gasteiger partial charge in [-0.2, -0.15) is 5.26 Å². The van der Waals surface area contributed by atoms with Gasteiger partial charge in [0.1, 0.15) is 12.4 Å². The van der Waals surface area contributed by atoms with Crippen molar-refractivity contribution >= 4 is 0 Å². The van der Waals surface area contributed by atoms with Crippen molar-refractivity contribution in [2.24, 2.45) is 0 Å². The molecule has 0 saturated carbocycles. The zero-order chi connectivity index (χ0) is 14.1. The summed E-state index contributed by atoms with van der Waals surface area (Å²) < 4.78 is 10.4. The number of nitriles is 1. The number of nitrogens with zero attached hydrogens (tertiary/aromatic N) is 2. The van der Waals surface area contributed by atoms with Crippen LogP contribution in [-0.4, -0.2) is 56.6 Å². The fourth-order valence-electron chi connectivity index (χ4n) is 1.64. The van der Waals surface area contributed by atoms with E-state index in [0.29, 0.717) is 31.9 Å². The van der Waals surface area contributed by atoms with Gasteiger partial charge in [0.25, 0.3) is 0 Å². The first-order chi connectivity index (χ1) is 9.15. The molecule has 1 N–H and O–H groups in total. The van der Waals surface area contributed by atoms with Crippen LogP contribution >= 0.6 is 0 Å². The molecule has 1 atom stereocenters. The Labute approximate surface area is 114 Å². The monoisotopic (exact) mass is 264 g/mol. The molecule has 0 aliphatic carbocycles. The molecular weight excluding hydrogens is 244 g/mol. The van der Waals surface area contributed by atoms with Crippen LogP contribution in [-0.2, 0) is 4.74 Å². The standard InChI is InChI=1S/C14H20N2O3/c1-16(10-13(17)11-18-2)7-8-19-14-5-3-12(9-15)4-6-14/h3-6,13,17H,7-8,10-11H2,1-2H3. The van der Waals surface area contributed by atoms with Crippen molar-refractivity contribution < 1.29 is 14.6 Å². The summed E-state index contributed by atoms with van der Waals surface area (Å²) in [5.74, 6) is 0.741. The number of ether oxygens (including phenoxy) is 2. The topological polar surface area (TPSA) is 65.7 Å². The first-order valence-electron chi connectivity index (χ1n) is 6.14. The fraction of sp³-hybridized carbons (Fsp3) is 0.500. The van der Waals surface area contributed by atoms with E-state index in [4.69, 9.17) is 14.7 Å². The maximum Gasteiger partial charge on any atom is 0.119 e. The van der Waals surface area contributed by atoms with Gasteiger partial charge in [-0.3, -0.25) is 0 Å². The molecule has 0 aromatic heterocycles. The van der Waals surface area contributed by atoms with Gasteiger partial charge < -0.3 is 19.5 Å². The molecule has 1 aromatic carbocycles. The molecule has 0 fully saturated rings. The third kappa shape index (κ3) is 6.20. The van der Waals surface area contributed by atoms with Crippen LogP contribution in [0.3, 0.4) is 0 Å². The summed E-state index contributed by atoms with van der Waals surface area (Å²) in [6.07, 6.45) is -0.482. The van der Waals surface area contributed by atoms with Gasteiger partial charge in [0.15, 0.2) is 0 Å². The minimum Gasteiger partial charge on any atom is -0.492 e. The van der Waals surface area contributed by atoms with Crippen molar-refractivity contribution in [2.75, 3.05) is 40.5 Å². The number of rotatable bonds is 8. The van der Waals surface area contributed by atoms with E-state index in [-0.39, 0.29) is 0 Å². The molecule has 19 heavy (non-hydrogen) atoms. The van der Waals surface area contributed by atoms with Crippen molar-refractivity contribution in [3.8, 4) is 11.8 Å². The minimum atomic E-state index is -0.482. The summed E-state index contributed by atoms with van der Waals surface area (Å²) in [6.45, 7) is 2.12. The Kier molecular flexibility index (Phi) is 6.90. The van der Waals surface area contributed by atoms with E-state index in [1.54, 1.807) is 31.4 Å². The molecule has 5 heteroatoms. The molecule has 0 radical (unpaired) electrons. The van der Waals surface area contributed by atoms with E-state index in [2.05, 4.69) is 6.07 Å². The zero-order valence-electron chi connectivity index (χ0n) is 11.4. The van der Waals surface area contributed by atoms with Crippen LogP contribution in [0.15, 0.2) is 24.3 Å². The highest BCUT2D eigenvalue weighted by atomic mass is 16.5. The lowest BCUT2D eigenvalue weighted by atomic mass is 10.2. The number of aliphatic hydroxyl groups excluding tert-OH is 1. The molecule has 104 valence electrons. The summed E-state index contributed by atoms with van der Waals surface area (Å²) >= 11 is 0. The van der Waals surface area contributed by atoms with E-state index in [0.717, 1.165) is 5.75 Å². The van der Waals surface area contributed by atoms with Crippen molar-refractivity contribution in [1.29, 1.82) is 5.26 Å². The Morgan fingerprint density at radius 3 is 2.63 bits per heavy atom. The van der Waals surface area contributed by atoms with E-state index in [1.807, 2.05) is 11.9 Å². The molecule has 0 spiro atoms. The van der Waals surface area contributed by atoms with Gasteiger partial charge in [0.05, 0.1) is 24.3 Å². The lowest BCUT2D eigenvalue weighted by molar-refractivity contribution is 0.0410. The summed E-state index contributed by atoms with van der Waals surface area (Å²) in [5, 5.41) is 18.2. The van der Waals surface area contributed by atoms with Gasteiger partial charge in [-0.25, -0.2) is 0 Å². The first-order valence-corrected chi connectivity index (χ1v) is 6.14. The molecule has 0 saturated heterocycles. The molecule has 0 amide bonds. The summed E-state index contributed by atoms with van der Waals surface area (Å²) in [4.78, 5) is 1.98. The number of likely N-dealkylation sites (N-methyl/N-ethyl adjacent to an activating group) is 1. The fourth-order valence-corrected chi connectivity index (χ4v) is 1.64. The predicted octanol–water partition coefficient (Wildman–Crippen LogP) is 0.876. The van der Waals surface area contributed by atoms with E-state index < -0.39 is 6.10 Å². The Bertz CT molecular complexity index is 400. The molecule has 0 aliphatic heterocycles. The summed E-state index contributed by atoms with van der Waals surface area (Å²) in [6, 6.07) is 9.06. The second kappa shape index (κ2) is 8.48. The average Bonchev–Trinajstić information content (AvgIpc) is 2.39. The molecule has 0 bridgehead atoms. The van der Waals surface area contributed by atoms with Crippen LogP contribution in [0.4, 0.5) is 0 Å². The molecule has 1 unspecified atom stereocenters. The van der Waals surface area contributed by atoms with Crippen molar-refractivity contribution in [3.05, 3.63) is 29.8 Å². The quantitative estimate of drug-likeness (QED) is 0.755. The molecular formula is C14H20N2O3. The van der Waals surface area contributed by atoms with Crippen LogP contribution in [0.2, 0.25) is 0 Å². The van der Waals surface area contributed by atoms with Crippen LogP contribution in [0, 0.1) is 11.3 Å². The maximum atomic E-state index is 9.56. The molecule has 5 nitrogen and oxygen atoms in total. The lowest BCUT2D eigenvalue weighted by Gasteiger charge is -2.20. The SMILES string of the molecule is COCC(O)CN(C)CCOc1ccc(C#N)cc1. The van der Waals surface area contributed by atoms with Gasteiger partial charge >= 0.3 is 0 Å². The minimum absolute atomic E-state index is 0.334. The number of aliphatic hydroxyl groups is 1. The van der Waals surface area contributed by atoms with Crippen LogP contribution in [0.5, 0.6) is 5.75 Å². The predicted molar refractivity (Wildman–Crippen MR) is 72.0 cm³/mol. The normalized spacial score (nSPS) is 12.2. The Balaban J connectivity index is 2.24. The highest BCUT2D eigenvalue weighted by Crippen LogP contribution is 2.11. The van der Waals surface area contributed by atoms with Crippen molar-refractivity contribution in [3.63, 3.8) is 0 Å². The highest BCUT2D eigenvalue weighted by Gasteiger charge is 2.07. The van der Waals surface area contributed by atoms with Crippen LogP contribution in [0.25, 0.3) is 0 Å². The van der Waals surface area contributed by atoms with Crippen LogP contribution in [0.1, 0.15) is 5.56 Å². The second-order valence-electron chi connectivity index (χ2n) is 4.36. The van der Waals surface area contributed by atoms with Gasteiger partial charge in [-0.05, 0) is 31.3 Å². The number of hydrogen-bond acceptors (Lipinski definition) is 5. The Hall–Kier alpha value is -1.61. The third-order valence-corrected chi connectivity index (χ3v) is 2.61. The van der Waals surface area contributed by atoms with E-state index in [1.165, 1.54) is 0 Å². The largest absolute Gasteiger partial charge is 0.492 e. The lowest BCUT2D eigenvalue weighted by Crippen LogP contribution is -2.34. The Morgan fingerprint density at radius 1 is 1.37 bits per heavy atom. The number of hydrogen-bond donors (Lipinski definition) is 1. The van der Waals surface area contributed by atoms with Crippen molar-refractivity contribution in [1.82, 2.24) is 4.90 Å². The van der Waals surface area contributed by atoms with E-state index >= 15 is 0 Å². The van der Waals surface area contributed by atoms with Gasteiger partial charge in [0, 0.05) is 20.2 Å². The van der Waals surface area contributed by atoms with Crippen LogP contribution < -0.4 is 4.74 Å². The number of benzene rings is 1. The van der Waals surface area contributed by atoms with E-state index in [9.17, 15) is 5.11 Å². The van der Waals surface area contributed by atoms with Gasteiger partial charge in [-0.15, -0.1) is 0 Å². The Morgan fingerprint density at radius 2 is 2.05 bits per heavy atom. The smallest absolute Gasteiger partial charge is 0.119 e. The molecule has 0 heterocycles. The second-order valence-corrected chi connectivity index (χ2v) is 4.36. The molecule has 1 rings (SSSR count). The zero-order valence-corrected chi connectivity index (χ0v) is 11.4. The number of methoxy groups -OCH3 is 1. The summed E-state index contributed by atoms with van der Waals surface area (Å²) in [7, 11) is 3.48. The maximum absolute atomic E-state index is 9.56. The average molecular weight is 264 g/mol. The molecule has 0 aliphatic rings.